The second kappa shape index (κ2) is 3.91. The Hall–Kier alpha value is -0.930. The maximum absolute atomic E-state index is 13.6. The van der Waals surface area contributed by atoms with Crippen LogP contribution in [0.3, 0.4) is 0 Å². The summed E-state index contributed by atoms with van der Waals surface area (Å²) in [6.45, 7) is 0.503. The van der Waals surface area contributed by atoms with Crippen LogP contribution in [0.15, 0.2) is 18.2 Å². The van der Waals surface area contributed by atoms with E-state index in [0.29, 0.717) is 12.2 Å². The van der Waals surface area contributed by atoms with Crippen molar-refractivity contribution in [3.8, 4) is 0 Å². The topological polar surface area (TPSA) is 35.2 Å². The van der Waals surface area contributed by atoms with Crippen LogP contribution in [0, 0.1) is 5.82 Å². The van der Waals surface area contributed by atoms with Gasteiger partial charge in [0, 0.05) is 18.2 Å². The van der Waals surface area contributed by atoms with Gasteiger partial charge in [-0.2, -0.15) is 0 Å². The van der Waals surface area contributed by atoms with Crippen LogP contribution in [-0.2, 0) is 16.9 Å². The zero-order valence-electron chi connectivity index (χ0n) is 8.92. The maximum Gasteiger partial charge on any atom is 0.128 e. The summed E-state index contributed by atoms with van der Waals surface area (Å²) in [4.78, 5) is 0. The summed E-state index contributed by atoms with van der Waals surface area (Å²) in [6, 6.07) is 5.05. The number of halogens is 1. The lowest BCUT2D eigenvalue weighted by Crippen LogP contribution is -2.44. The Morgan fingerprint density at radius 2 is 2.20 bits per heavy atom. The molecule has 0 aromatic heterocycles. The minimum absolute atomic E-state index is 0.197. The largest absolute Gasteiger partial charge is 0.380 e. The predicted molar refractivity (Wildman–Crippen MR) is 56.8 cm³/mol. The van der Waals surface area contributed by atoms with Gasteiger partial charge >= 0.3 is 0 Å². The van der Waals surface area contributed by atoms with E-state index in [0.717, 1.165) is 24.8 Å². The highest BCUT2D eigenvalue weighted by atomic mass is 19.1. The van der Waals surface area contributed by atoms with Crippen molar-refractivity contribution in [3.05, 3.63) is 35.1 Å². The Balaban J connectivity index is 2.32. The molecule has 0 amide bonds. The van der Waals surface area contributed by atoms with Gasteiger partial charge in [-0.1, -0.05) is 6.07 Å². The Morgan fingerprint density at radius 3 is 2.73 bits per heavy atom. The highest BCUT2D eigenvalue weighted by Crippen LogP contribution is 2.40. The first kappa shape index (κ1) is 10.6. The number of hydrogen-bond acceptors (Lipinski definition) is 2. The highest BCUT2D eigenvalue weighted by Gasteiger charge is 2.36. The van der Waals surface area contributed by atoms with E-state index in [-0.39, 0.29) is 5.82 Å². The lowest BCUT2D eigenvalue weighted by atomic mass is 9.72. The van der Waals surface area contributed by atoms with Crippen LogP contribution in [0.4, 0.5) is 4.39 Å². The third-order valence-electron chi connectivity index (χ3n) is 3.12. The average molecular weight is 209 g/mol. The molecule has 2 N–H and O–H groups in total. The minimum Gasteiger partial charge on any atom is -0.380 e. The molecule has 1 aliphatic rings. The molecule has 2 nitrogen and oxygen atoms in total. The fourth-order valence-corrected chi connectivity index (χ4v) is 2.04. The molecule has 1 aromatic rings. The van der Waals surface area contributed by atoms with Gasteiger partial charge < -0.3 is 10.5 Å². The molecule has 2 rings (SSSR count). The molecule has 0 saturated heterocycles. The number of methoxy groups -OCH3 is 1. The Morgan fingerprint density at radius 1 is 1.47 bits per heavy atom. The van der Waals surface area contributed by atoms with Crippen molar-refractivity contribution in [2.45, 2.75) is 31.4 Å². The quantitative estimate of drug-likeness (QED) is 0.829. The third kappa shape index (κ3) is 1.90. The monoisotopic (exact) mass is 209 g/mol. The number of rotatable bonds is 3. The fraction of sp³-hybridized carbons (Fsp3) is 0.500. The zero-order valence-corrected chi connectivity index (χ0v) is 8.92. The van der Waals surface area contributed by atoms with Crippen LogP contribution >= 0.6 is 0 Å². The number of benzene rings is 1. The van der Waals surface area contributed by atoms with Crippen molar-refractivity contribution < 1.29 is 9.13 Å². The van der Waals surface area contributed by atoms with Crippen molar-refractivity contribution in [2.75, 3.05) is 7.11 Å². The maximum atomic E-state index is 13.6. The molecule has 1 aliphatic carbocycles. The molecular weight excluding hydrogens is 193 g/mol. The summed E-state index contributed by atoms with van der Waals surface area (Å²) < 4.78 is 18.6. The van der Waals surface area contributed by atoms with Crippen molar-refractivity contribution in [2.24, 2.45) is 5.73 Å². The molecule has 1 aromatic carbocycles. The smallest absolute Gasteiger partial charge is 0.128 e. The molecule has 0 heterocycles. The summed E-state index contributed by atoms with van der Waals surface area (Å²) in [6.07, 6.45) is 2.84. The van der Waals surface area contributed by atoms with E-state index in [2.05, 4.69) is 0 Å². The molecule has 0 atom stereocenters. The van der Waals surface area contributed by atoms with Gasteiger partial charge in [0.1, 0.15) is 5.82 Å². The summed E-state index contributed by atoms with van der Waals surface area (Å²) >= 11 is 0. The van der Waals surface area contributed by atoms with Crippen molar-refractivity contribution in [1.82, 2.24) is 0 Å². The van der Waals surface area contributed by atoms with Gasteiger partial charge in [0.25, 0.3) is 0 Å². The number of hydrogen-bond donors (Lipinski definition) is 1. The van der Waals surface area contributed by atoms with E-state index in [1.807, 2.05) is 6.07 Å². The van der Waals surface area contributed by atoms with E-state index < -0.39 is 5.54 Å². The van der Waals surface area contributed by atoms with Crippen LogP contribution in [0.5, 0.6) is 0 Å². The molecule has 82 valence electrons. The highest BCUT2D eigenvalue weighted by molar-refractivity contribution is 5.32. The van der Waals surface area contributed by atoms with Gasteiger partial charge in [-0.3, -0.25) is 0 Å². The molecule has 0 spiro atoms. The minimum atomic E-state index is -0.437. The summed E-state index contributed by atoms with van der Waals surface area (Å²) in [5, 5.41) is 0. The Labute approximate surface area is 89.2 Å². The Kier molecular flexibility index (Phi) is 2.76. The zero-order chi connectivity index (χ0) is 10.9. The van der Waals surface area contributed by atoms with Gasteiger partial charge in [-0.05, 0) is 37.0 Å². The molecule has 0 radical (unpaired) electrons. The van der Waals surface area contributed by atoms with Gasteiger partial charge in [0.05, 0.1) is 6.61 Å². The van der Waals surface area contributed by atoms with Gasteiger partial charge in [-0.25, -0.2) is 4.39 Å². The van der Waals surface area contributed by atoms with E-state index in [4.69, 9.17) is 10.5 Å². The van der Waals surface area contributed by atoms with E-state index >= 15 is 0 Å². The SMILES string of the molecule is COCc1ccc(F)c(C2(N)CCC2)c1. The van der Waals surface area contributed by atoms with E-state index in [1.54, 1.807) is 13.2 Å². The molecule has 15 heavy (non-hydrogen) atoms. The second-order valence-corrected chi connectivity index (χ2v) is 4.26. The first-order chi connectivity index (χ1) is 7.15. The molecular formula is C12H16FNO. The normalized spacial score (nSPS) is 18.6. The fourth-order valence-electron chi connectivity index (χ4n) is 2.04. The van der Waals surface area contributed by atoms with Crippen LogP contribution in [0.2, 0.25) is 0 Å². The third-order valence-corrected chi connectivity index (χ3v) is 3.12. The summed E-state index contributed by atoms with van der Waals surface area (Å²) in [5.74, 6) is -0.197. The molecule has 1 saturated carbocycles. The molecule has 1 fully saturated rings. The second-order valence-electron chi connectivity index (χ2n) is 4.26. The van der Waals surface area contributed by atoms with Gasteiger partial charge in [-0.15, -0.1) is 0 Å². The molecule has 0 aliphatic heterocycles. The van der Waals surface area contributed by atoms with Crippen molar-refractivity contribution >= 4 is 0 Å². The lowest BCUT2D eigenvalue weighted by molar-refractivity contribution is 0.184. The molecule has 3 heteroatoms. The number of ether oxygens (including phenoxy) is 1. The molecule has 0 bridgehead atoms. The summed E-state index contributed by atoms with van der Waals surface area (Å²) in [7, 11) is 1.63. The van der Waals surface area contributed by atoms with E-state index in [1.165, 1.54) is 6.07 Å². The van der Waals surface area contributed by atoms with Crippen molar-refractivity contribution in [3.63, 3.8) is 0 Å². The molecule has 0 unspecified atom stereocenters. The first-order valence-electron chi connectivity index (χ1n) is 5.22. The standard InChI is InChI=1S/C12H16FNO/c1-15-8-9-3-4-11(13)10(7-9)12(14)5-2-6-12/h3-4,7H,2,5-6,8,14H2,1H3. The van der Waals surface area contributed by atoms with Crippen LogP contribution in [0.25, 0.3) is 0 Å². The predicted octanol–water partition coefficient (Wildman–Crippen LogP) is 2.31. The number of nitrogens with two attached hydrogens (primary N) is 1. The van der Waals surface area contributed by atoms with Crippen LogP contribution in [-0.4, -0.2) is 7.11 Å². The Bertz CT molecular complexity index is 361. The van der Waals surface area contributed by atoms with Crippen molar-refractivity contribution in [1.29, 1.82) is 0 Å². The lowest BCUT2D eigenvalue weighted by Gasteiger charge is -2.39. The van der Waals surface area contributed by atoms with Gasteiger partial charge in [0.15, 0.2) is 0 Å². The van der Waals surface area contributed by atoms with E-state index in [9.17, 15) is 4.39 Å². The van der Waals surface area contributed by atoms with Crippen LogP contribution < -0.4 is 5.73 Å². The van der Waals surface area contributed by atoms with Crippen LogP contribution in [0.1, 0.15) is 30.4 Å². The first-order valence-corrected chi connectivity index (χ1v) is 5.22. The van der Waals surface area contributed by atoms with Gasteiger partial charge in [0.2, 0.25) is 0 Å². The average Bonchev–Trinajstić information content (AvgIpc) is 2.18. The summed E-state index contributed by atoms with van der Waals surface area (Å²) in [5.41, 5.74) is 7.29.